The quantitative estimate of drug-likeness (QED) is 0.448. The SMILES string of the molecule is C[S+](C)C#CCC(O)c1nnc(-c2ccccc2Nc2ccc(C(F)(F)F)cc2)o1. The fraction of sp³-hybridized carbons (Fsp3) is 0.238. The molecule has 156 valence electrons. The number of anilines is 2. The summed E-state index contributed by atoms with van der Waals surface area (Å²) < 4.78 is 43.8. The van der Waals surface area contributed by atoms with Crippen LogP contribution in [0.1, 0.15) is 24.0 Å². The van der Waals surface area contributed by atoms with Gasteiger partial charge in [-0.15, -0.1) is 10.2 Å². The lowest BCUT2D eigenvalue weighted by molar-refractivity contribution is -0.137. The highest BCUT2D eigenvalue weighted by Gasteiger charge is 2.30. The number of hydrogen-bond donors (Lipinski definition) is 2. The Balaban J connectivity index is 1.79. The molecule has 0 aliphatic heterocycles. The smallest absolute Gasteiger partial charge is 0.416 e. The Morgan fingerprint density at radius 3 is 2.47 bits per heavy atom. The molecule has 0 bridgehead atoms. The molecule has 0 spiro atoms. The van der Waals surface area contributed by atoms with Gasteiger partial charge in [-0.05, 0) is 42.3 Å². The highest BCUT2D eigenvalue weighted by Crippen LogP contribution is 2.33. The zero-order chi connectivity index (χ0) is 21.7. The maximum Gasteiger partial charge on any atom is 0.416 e. The lowest BCUT2D eigenvalue weighted by Crippen LogP contribution is -2.04. The van der Waals surface area contributed by atoms with Gasteiger partial charge in [-0.1, -0.05) is 12.1 Å². The van der Waals surface area contributed by atoms with Gasteiger partial charge >= 0.3 is 6.18 Å². The van der Waals surface area contributed by atoms with Crippen molar-refractivity contribution >= 4 is 22.3 Å². The monoisotopic (exact) mass is 434 g/mol. The molecule has 0 fully saturated rings. The number of aliphatic hydroxyl groups is 1. The summed E-state index contributed by atoms with van der Waals surface area (Å²) >= 11 is 0. The van der Waals surface area contributed by atoms with Crippen LogP contribution in [0, 0.1) is 11.2 Å². The number of aliphatic hydroxyl groups excluding tert-OH is 1. The van der Waals surface area contributed by atoms with Crippen molar-refractivity contribution < 1.29 is 22.7 Å². The van der Waals surface area contributed by atoms with Crippen molar-refractivity contribution in [3.8, 4) is 22.6 Å². The molecule has 0 aliphatic rings. The molecule has 2 N–H and O–H groups in total. The molecule has 0 saturated heterocycles. The van der Waals surface area contributed by atoms with Crippen LogP contribution in [-0.4, -0.2) is 27.8 Å². The van der Waals surface area contributed by atoms with E-state index in [0.29, 0.717) is 16.9 Å². The molecule has 1 atom stereocenters. The second-order valence-corrected chi connectivity index (χ2v) is 8.34. The fourth-order valence-corrected chi connectivity index (χ4v) is 2.90. The topological polar surface area (TPSA) is 71.2 Å². The maximum atomic E-state index is 12.7. The van der Waals surface area contributed by atoms with E-state index in [4.69, 9.17) is 4.42 Å². The summed E-state index contributed by atoms with van der Waals surface area (Å²) in [6, 6.07) is 11.7. The van der Waals surface area contributed by atoms with Crippen LogP contribution < -0.4 is 5.32 Å². The van der Waals surface area contributed by atoms with Gasteiger partial charge in [-0.25, -0.2) is 0 Å². The van der Waals surface area contributed by atoms with Crippen molar-refractivity contribution in [3.05, 3.63) is 60.0 Å². The van der Waals surface area contributed by atoms with Gasteiger partial charge in [0, 0.05) is 12.1 Å². The third kappa shape index (κ3) is 5.55. The van der Waals surface area contributed by atoms with Crippen molar-refractivity contribution in [1.82, 2.24) is 10.2 Å². The molecule has 0 saturated carbocycles. The maximum absolute atomic E-state index is 12.7. The van der Waals surface area contributed by atoms with Crippen LogP contribution in [0.4, 0.5) is 24.5 Å². The van der Waals surface area contributed by atoms with E-state index in [2.05, 4.69) is 26.7 Å². The molecule has 1 heterocycles. The highest BCUT2D eigenvalue weighted by molar-refractivity contribution is 8.00. The number of benzene rings is 2. The molecule has 1 aromatic heterocycles. The lowest BCUT2D eigenvalue weighted by Gasteiger charge is -2.11. The van der Waals surface area contributed by atoms with Crippen LogP contribution in [0.2, 0.25) is 0 Å². The predicted molar refractivity (Wildman–Crippen MR) is 111 cm³/mol. The van der Waals surface area contributed by atoms with E-state index in [-0.39, 0.29) is 29.1 Å². The minimum atomic E-state index is -4.39. The number of halogens is 3. The van der Waals surface area contributed by atoms with Crippen LogP contribution in [0.15, 0.2) is 52.9 Å². The van der Waals surface area contributed by atoms with E-state index in [1.54, 1.807) is 24.3 Å². The van der Waals surface area contributed by atoms with Crippen LogP contribution >= 0.6 is 0 Å². The summed E-state index contributed by atoms with van der Waals surface area (Å²) in [5.74, 6) is 3.11. The summed E-state index contributed by atoms with van der Waals surface area (Å²) in [6.07, 6.45) is -1.26. The molecule has 0 aliphatic carbocycles. The standard InChI is InChI=1S/C21H19F3N3O2S/c1-30(2)13-5-8-18(28)20-27-26-19(29-20)16-6-3-4-7-17(16)25-15-11-9-14(10-12-15)21(22,23)24/h3-4,6-7,9-12,18,25,28H,8H2,1-2H3/q+1. The number of rotatable bonds is 5. The summed E-state index contributed by atoms with van der Waals surface area (Å²) in [6.45, 7) is 0. The summed E-state index contributed by atoms with van der Waals surface area (Å²) in [4.78, 5) is 0. The molecular formula is C21H19F3N3O2S+. The Morgan fingerprint density at radius 2 is 1.80 bits per heavy atom. The van der Waals surface area contributed by atoms with Crippen LogP contribution in [0.3, 0.4) is 0 Å². The first-order valence-electron chi connectivity index (χ1n) is 8.85. The summed E-state index contributed by atoms with van der Waals surface area (Å²) in [5, 5.41) is 24.1. The average Bonchev–Trinajstić information content (AvgIpc) is 3.18. The first kappa shape index (κ1) is 21.7. The molecule has 30 heavy (non-hydrogen) atoms. The van der Waals surface area contributed by atoms with Gasteiger partial charge in [0.2, 0.25) is 11.8 Å². The number of nitrogens with zero attached hydrogens (tertiary/aromatic N) is 2. The molecule has 3 aromatic rings. The summed E-state index contributed by atoms with van der Waals surface area (Å²) in [5.41, 5.74) is 0.874. The summed E-state index contributed by atoms with van der Waals surface area (Å²) in [7, 11) is -0.0516. The zero-order valence-electron chi connectivity index (χ0n) is 16.2. The zero-order valence-corrected chi connectivity index (χ0v) is 17.0. The normalized spacial score (nSPS) is 12.4. The minimum Gasteiger partial charge on any atom is -0.418 e. The van der Waals surface area contributed by atoms with E-state index in [0.717, 1.165) is 12.1 Å². The first-order chi connectivity index (χ1) is 14.2. The van der Waals surface area contributed by atoms with Crippen molar-refractivity contribution in [2.24, 2.45) is 0 Å². The van der Waals surface area contributed by atoms with E-state index in [1.165, 1.54) is 12.1 Å². The number of alkyl halides is 3. The molecule has 9 heteroatoms. The van der Waals surface area contributed by atoms with Crippen molar-refractivity contribution in [2.75, 3.05) is 17.8 Å². The van der Waals surface area contributed by atoms with Gasteiger partial charge in [0.15, 0.2) is 5.25 Å². The Bertz CT molecular complexity index is 1050. The van der Waals surface area contributed by atoms with Gasteiger partial charge in [0.25, 0.3) is 0 Å². The fourth-order valence-electron chi connectivity index (χ4n) is 2.52. The van der Waals surface area contributed by atoms with E-state index >= 15 is 0 Å². The van der Waals surface area contributed by atoms with Crippen LogP contribution in [-0.2, 0) is 17.1 Å². The molecule has 1 unspecified atom stereocenters. The average molecular weight is 434 g/mol. The Kier molecular flexibility index (Phi) is 6.70. The molecule has 3 rings (SSSR count). The molecule has 0 radical (unpaired) electrons. The third-order valence-electron chi connectivity index (χ3n) is 3.95. The Morgan fingerprint density at radius 1 is 1.10 bits per heavy atom. The number of nitrogens with one attached hydrogen (secondary N) is 1. The molecular weight excluding hydrogens is 415 g/mol. The van der Waals surface area contributed by atoms with Gasteiger partial charge in [-0.3, -0.25) is 0 Å². The lowest BCUT2D eigenvalue weighted by atomic mass is 10.1. The van der Waals surface area contributed by atoms with E-state index < -0.39 is 17.8 Å². The van der Waals surface area contributed by atoms with Crippen molar-refractivity contribution in [2.45, 2.75) is 18.7 Å². The Hall–Kier alpha value is -2.96. The van der Waals surface area contributed by atoms with Crippen LogP contribution in [0.25, 0.3) is 11.5 Å². The largest absolute Gasteiger partial charge is 0.418 e. The second kappa shape index (κ2) is 9.24. The van der Waals surface area contributed by atoms with Gasteiger partial charge in [0.1, 0.15) is 18.6 Å². The number of aromatic nitrogens is 2. The number of hydrogen-bond acceptors (Lipinski definition) is 5. The third-order valence-corrected chi connectivity index (χ3v) is 4.50. The second-order valence-electron chi connectivity index (χ2n) is 6.51. The van der Waals surface area contributed by atoms with Gasteiger partial charge in [-0.2, -0.15) is 13.2 Å². The molecule has 0 amide bonds. The van der Waals surface area contributed by atoms with Crippen molar-refractivity contribution in [3.63, 3.8) is 0 Å². The Labute approximate surface area is 174 Å². The number of para-hydroxylation sites is 1. The minimum absolute atomic E-state index is 0.0516. The van der Waals surface area contributed by atoms with Crippen LogP contribution in [0.5, 0.6) is 0 Å². The molecule has 2 aromatic carbocycles. The highest BCUT2D eigenvalue weighted by atomic mass is 32.2. The molecule has 5 nitrogen and oxygen atoms in total. The van der Waals surface area contributed by atoms with Gasteiger partial charge in [0.05, 0.1) is 27.7 Å². The predicted octanol–water partition coefficient (Wildman–Crippen LogP) is 4.76. The van der Waals surface area contributed by atoms with E-state index in [9.17, 15) is 18.3 Å². The first-order valence-corrected chi connectivity index (χ1v) is 10.9. The van der Waals surface area contributed by atoms with E-state index in [1.807, 2.05) is 12.5 Å². The van der Waals surface area contributed by atoms with Gasteiger partial charge < -0.3 is 14.8 Å². The van der Waals surface area contributed by atoms with Crippen molar-refractivity contribution in [1.29, 1.82) is 0 Å².